The number of nitrogens with zero attached hydrogens (tertiary/aromatic N) is 2. The molecule has 1 aliphatic heterocycles. The standard InChI is InChI=1S/C11H15N3O5S/c1-8-9(3-2-4-10(8)20(12,17)18)13-5-6-19-7-11(13)14(15)16/h2-4,11H,5-7H2,1H3,(H2,12,17,18). The number of nitrogens with two attached hydrogens (primary N) is 1. The van der Waals surface area contributed by atoms with Crippen LogP contribution in [-0.2, 0) is 14.8 Å². The van der Waals surface area contributed by atoms with Crippen LogP contribution in [0, 0.1) is 17.0 Å². The van der Waals surface area contributed by atoms with Crippen molar-refractivity contribution in [3.63, 3.8) is 0 Å². The fourth-order valence-corrected chi connectivity index (χ4v) is 3.07. The molecule has 20 heavy (non-hydrogen) atoms. The van der Waals surface area contributed by atoms with Gasteiger partial charge in [-0.15, -0.1) is 0 Å². The highest BCUT2D eigenvalue weighted by molar-refractivity contribution is 7.89. The Morgan fingerprint density at radius 1 is 1.50 bits per heavy atom. The van der Waals surface area contributed by atoms with E-state index in [9.17, 15) is 18.5 Å². The van der Waals surface area contributed by atoms with Crippen LogP contribution in [0.15, 0.2) is 23.1 Å². The van der Waals surface area contributed by atoms with Crippen molar-refractivity contribution in [1.82, 2.24) is 0 Å². The Balaban J connectivity index is 2.49. The number of hydrogen-bond acceptors (Lipinski definition) is 6. The van der Waals surface area contributed by atoms with Gasteiger partial charge in [0, 0.05) is 17.2 Å². The van der Waals surface area contributed by atoms with Crippen LogP contribution in [0.4, 0.5) is 5.69 Å². The average molecular weight is 301 g/mol. The van der Waals surface area contributed by atoms with Gasteiger partial charge in [0.15, 0.2) is 0 Å². The van der Waals surface area contributed by atoms with E-state index in [0.29, 0.717) is 24.4 Å². The minimum Gasteiger partial charge on any atom is -0.370 e. The molecule has 1 unspecified atom stereocenters. The number of rotatable bonds is 3. The summed E-state index contributed by atoms with van der Waals surface area (Å²) in [6.45, 7) is 2.22. The van der Waals surface area contributed by atoms with Gasteiger partial charge in [0.05, 0.1) is 11.5 Å². The minimum absolute atomic E-state index is 0.0245. The first-order valence-corrected chi connectivity index (χ1v) is 7.47. The Hall–Kier alpha value is -1.71. The van der Waals surface area contributed by atoms with Crippen molar-refractivity contribution in [2.24, 2.45) is 5.14 Å². The average Bonchev–Trinajstić information content (AvgIpc) is 2.37. The highest BCUT2D eigenvalue weighted by atomic mass is 32.2. The molecule has 1 aromatic carbocycles. The lowest BCUT2D eigenvalue weighted by Gasteiger charge is -2.32. The molecule has 110 valence electrons. The Kier molecular flexibility index (Phi) is 3.93. The van der Waals surface area contributed by atoms with Gasteiger partial charge in [-0.05, 0) is 24.6 Å². The van der Waals surface area contributed by atoms with Gasteiger partial charge in [-0.25, -0.2) is 13.6 Å². The maximum atomic E-state index is 11.5. The van der Waals surface area contributed by atoms with E-state index in [1.54, 1.807) is 13.0 Å². The molecule has 0 radical (unpaired) electrons. The number of nitro groups is 1. The molecule has 2 rings (SSSR count). The first kappa shape index (κ1) is 14.7. The van der Waals surface area contributed by atoms with E-state index in [2.05, 4.69) is 0 Å². The molecule has 1 aromatic rings. The van der Waals surface area contributed by atoms with E-state index >= 15 is 0 Å². The van der Waals surface area contributed by atoms with E-state index in [1.165, 1.54) is 17.0 Å². The van der Waals surface area contributed by atoms with Crippen molar-refractivity contribution in [2.45, 2.75) is 18.0 Å². The zero-order chi connectivity index (χ0) is 14.9. The molecule has 9 heteroatoms. The van der Waals surface area contributed by atoms with Crippen molar-refractivity contribution >= 4 is 15.7 Å². The van der Waals surface area contributed by atoms with Crippen molar-refractivity contribution < 1.29 is 18.1 Å². The summed E-state index contributed by atoms with van der Waals surface area (Å²) in [6.07, 6.45) is -1.03. The van der Waals surface area contributed by atoms with Crippen molar-refractivity contribution in [2.75, 3.05) is 24.7 Å². The topological polar surface area (TPSA) is 116 Å². The molecule has 0 spiro atoms. The third-order valence-corrected chi connectivity index (χ3v) is 4.27. The summed E-state index contributed by atoms with van der Waals surface area (Å²) in [7, 11) is -3.86. The van der Waals surface area contributed by atoms with Gasteiger partial charge in [0.25, 0.3) is 0 Å². The molecule has 8 nitrogen and oxygen atoms in total. The van der Waals surface area contributed by atoms with Crippen molar-refractivity contribution in [3.8, 4) is 0 Å². The molecule has 0 saturated carbocycles. The van der Waals surface area contributed by atoms with Crippen LogP contribution in [-0.4, -0.2) is 39.3 Å². The molecule has 2 N–H and O–H groups in total. The van der Waals surface area contributed by atoms with E-state index in [4.69, 9.17) is 9.88 Å². The Labute approximate surface area is 116 Å². The third kappa shape index (κ3) is 2.74. The number of sulfonamides is 1. The second-order valence-electron chi connectivity index (χ2n) is 4.48. The highest BCUT2D eigenvalue weighted by Crippen LogP contribution is 2.28. The lowest BCUT2D eigenvalue weighted by Crippen LogP contribution is -2.50. The first-order valence-electron chi connectivity index (χ1n) is 5.92. The lowest BCUT2D eigenvalue weighted by molar-refractivity contribution is -0.528. The number of ether oxygens (including phenoxy) is 1. The zero-order valence-corrected chi connectivity index (χ0v) is 11.7. The van der Waals surface area contributed by atoms with Crippen LogP contribution in [0.3, 0.4) is 0 Å². The molecule has 1 aliphatic rings. The number of anilines is 1. The molecule has 1 heterocycles. The predicted molar refractivity (Wildman–Crippen MR) is 71.5 cm³/mol. The second kappa shape index (κ2) is 5.35. The largest absolute Gasteiger partial charge is 0.370 e. The summed E-state index contributed by atoms with van der Waals surface area (Å²) in [5.74, 6) is 0. The molecule has 1 fully saturated rings. The van der Waals surface area contributed by atoms with Gasteiger partial charge >= 0.3 is 6.17 Å². The quantitative estimate of drug-likeness (QED) is 0.624. The number of primary sulfonamides is 1. The van der Waals surface area contributed by atoms with E-state index in [0.717, 1.165) is 0 Å². The van der Waals surface area contributed by atoms with Crippen LogP contribution < -0.4 is 10.0 Å². The van der Waals surface area contributed by atoms with Crippen LogP contribution in [0.5, 0.6) is 0 Å². The SMILES string of the molecule is Cc1c(N2CCOCC2[N+](=O)[O-])cccc1S(N)(=O)=O. The molecule has 0 aliphatic carbocycles. The van der Waals surface area contributed by atoms with E-state index in [1.807, 2.05) is 0 Å². The maximum Gasteiger partial charge on any atom is 0.310 e. The van der Waals surface area contributed by atoms with Crippen molar-refractivity contribution in [3.05, 3.63) is 33.9 Å². The fourth-order valence-electron chi connectivity index (χ4n) is 2.27. The summed E-state index contributed by atoms with van der Waals surface area (Å²) in [5.41, 5.74) is 0.894. The van der Waals surface area contributed by atoms with Gasteiger partial charge in [-0.2, -0.15) is 0 Å². The lowest BCUT2D eigenvalue weighted by atomic mass is 10.1. The minimum atomic E-state index is -3.86. The monoisotopic (exact) mass is 301 g/mol. The van der Waals surface area contributed by atoms with Gasteiger partial charge in [0.1, 0.15) is 6.61 Å². The van der Waals surface area contributed by atoms with E-state index < -0.39 is 21.1 Å². The summed E-state index contributed by atoms with van der Waals surface area (Å²) < 4.78 is 28.1. The van der Waals surface area contributed by atoms with Crippen LogP contribution in [0.25, 0.3) is 0 Å². The molecule has 1 atom stereocenters. The van der Waals surface area contributed by atoms with Crippen LogP contribution in [0.1, 0.15) is 5.56 Å². The highest BCUT2D eigenvalue weighted by Gasteiger charge is 2.33. The third-order valence-electron chi connectivity index (χ3n) is 3.22. The molecule has 0 bridgehead atoms. The summed E-state index contributed by atoms with van der Waals surface area (Å²) >= 11 is 0. The number of benzene rings is 1. The van der Waals surface area contributed by atoms with Gasteiger partial charge in [-0.1, -0.05) is 6.07 Å². The number of hydrogen-bond donors (Lipinski definition) is 1. The fraction of sp³-hybridized carbons (Fsp3) is 0.455. The van der Waals surface area contributed by atoms with Gasteiger partial charge in [-0.3, -0.25) is 10.1 Å². The van der Waals surface area contributed by atoms with E-state index in [-0.39, 0.29) is 11.5 Å². The normalized spacial score (nSPS) is 19.9. The molecule has 0 aromatic heterocycles. The Morgan fingerprint density at radius 2 is 2.20 bits per heavy atom. The number of morpholine rings is 1. The summed E-state index contributed by atoms with van der Waals surface area (Å²) in [6, 6.07) is 4.55. The van der Waals surface area contributed by atoms with Crippen molar-refractivity contribution in [1.29, 1.82) is 0 Å². The first-order chi connectivity index (χ1) is 9.32. The summed E-state index contributed by atoms with van der Waals surface area (Å²) in [4.78, 5) is 12.1. The molecular formula is C11H15N3O5S. The molecular weight excluding hydrogens is 286 g/mol. The predicted octanol–water partition coefficient (Wildman–Crippen LogP) is 0.0818. The Bertz CT molecular complexity index is 631. The Morgan fingerprint density at radius 3 is 2.80 bits per heavy atom. The zero-order valence-electron chi connectivity index (χ0n) is 10.9. The molecule has 0 amide bonds. The van der Waals surface area contributed by atoms with Gasteiger partial charge < -0.3 is 9.64 Å². The summed E-state index contributed by atoms with van der Waals surface area (Å²) in [5, 5.41) is 16.2. The smallest absolute Gasteiger partial charge is 0.310 e. The van der Waals surface area contributed by atoms with Crippen LogP contribution in [0.2, 0.25) is 0 Å². The molecule has 1 saturated heterocycles. The van der Waals surface area contributed by atoms with Crippen LogP contribution >= 0.6 is 0 Å². The maximum absolute atomic E-state index is 11.5. The second-order valence-corrected chi connectivity index (χ2v) is 6.01. The van der Waals surface area contributed by atoms with Gasteiger partial charge in [0.2, 0.25) is 10.0 Å².